The number of carbonyl (C=O) groups is 5. The van der Waals surface area contributed by atoms with E-state index in [0.717, 1.165) is 49.6 Å². The Kier molecular flexibility index (Phi) is 13.8. The largest absolute Gasteiger partial charge is 0.494 e. The fourth-order valence-corrected chi connectivity index (χ4v) is 10.3. The Balaban J connectivity index is 0.788. The Morgan fingerprint density at radius 2 is 1.64 bits per heavy atom. The first-order valence-corrected chi connectivity index (χ1v) is 24.1. The third kappa shape index (κ3) is 9.64. The molecule has 4 aromatic rings. The van der Waals surface area contributed by atoms with E-state index in [1.807, 2.05) is 23.1 Å². The van der Waals surface area contributed by atoms with Crippen LogP contribution in [0.1, 0.15) is 73.1 Å². The van der Waals surface area contributed by atoms with E-state index < -0.39 is 44.8 Å². The van der Waals surface area contributed by atoms with E-state index in [1.165, 1.54) is 6.20 Å². The molecular formula is C46H53ClN10O8S. The van der Waals surface area contributed by atoms with Crippen LogP contribution < -0.4 is 30.9 Å². The minimum absolute atomic E-state index is 0.0487. The van der Waals surface area contributed by atoms with Crippen LogP contribution in [0.25, 0.3) is 0 Å². The first-order chi connectivity index (χ1) is 31.7. The molecule has 5 amide bonds. The van der Waals surface area contributed by atoms with Crippen molar-refractivity contribution in [2.45, 2.75) is 74.6 Å². The van der Waals surface area contributed by atoms with Crippen LogP contribution in [0.4, 0.5) is 34.5 Å². The zero-order valence-corrected chi connectivity index (χ0v) is 38.6. The summed E-state index contributed by atoms with van der Waals surface area (Å²) in [6.07, 6.45) is 4.38. The molecule has 4 aliphatic heterocycles. The molecule has 348 valence electrons. The molecule has 0 spiro atoms. The van der Waals surface area contributed by atoms with Crippen molar-refractivity contribution in [1.82, 2.24) is 30.0 Å². The van der Waals surface area contributed by atoms with Gasteiger partial charge in [-0.05, 0) is 75.9 Å². The molecule has 1 unspecified atom stereocenters. The molecule has 1 aromatic heterocycles. The van der Waals surface area contributed by atoms with E-state index in [-0.39, 0.29) is 51.6 Å². The summed E-state index contributed by atoms with van der Waals surface area (Å²) in [5.74, 6) is -1.06. The topological polar surface area (TPSA) is 216 Å². The molecule has 3 aromatic carbocycles. The van der Waals surface area contributed by atoms with Crippen molar-refractivity contribution < 1.29 is 37.1 Å². The number of imide groups is 2. The molecular weight excluding hydrogens is 888 g/mol. The number of aromatic nitrogens is 2. The summed E-state index contributed by atoms with van der Waals surface area (Å²) >= 11 is 6.46. The lowest BCUT2D eigenvalue weighted by Crippen LogP contribution is -2.54. The van der Waals surface area contributed by atoms with Crippen LogP contribution in [0.15, 0.2) is 71.8 Å². The van der Waals surface area contributed by atoms with Gasteiger partial charge in [0.1, 0.15) is 16.8 Å². The molecule has 8 rings (SSSR count). The van der Waals surface area contributed by atoms with E-state index in [1.54, 1.807) is 63.4 Å². The molecule has 0 radical (unpaired) electrons. The van der Waals surface area contributed by atoms with Crippen molar-refractivity contribution >= 4 is 85.5 Å². The van der Waals surface area contributed by atoms with Gasteiger partial charge in [0.25, 0.3) is 11.8 Å². The maximum Gasteiger partial charge on any atom is 0.264 e. The molecule has 0 bridgehead atoms. The number of piperidine rings is 2. The number of sulfone groups is 1. The summed E-state index contributed by atoms with van der Waals surface area (Å²) in [5, 5.41) is 11.3. The fourth-order valence-electron chi connectivity index (χ4n) is 8.92. The maximum absolute atomic E-state index is 13.4. The lowest BCUT2D eigenvalue weighted by Gasteiger charge is -2.43. The third-order valence-electron chi connectivity index (χ3n) is 12.6. The smallest absolute Gasteiger partial charge is 0.264 e. The van der Waals surface area contributed by atoms with Gasteiger partial charge in [-0.15, -0.1) is 0 Å². The number of nitrogens with one attached hydrogen (secondary N) is 4. The Morgan fingerprint density at radius 3 is 2.36 bits per heavy atom. The quantitative estimate of drug-likeness (QED) is 0.0889. The number of nitrogens with zero attached hydrogens (tertiary/aromatic N) is 6. The SMILES string of the molecule is COc1cc(N2CCC(N3CCN(C(=O)CCCNc4cccc5c4C(=O)N(C4CCC(=O)NC4=O)C5=O)CC3)CC2)ccc1Nc1ncc(Cl)c(Nc2ccccc2S(=O)(=O)C(C)C)n1. The van der Waals surface area contributed by atoms with Crippen LogP contribution >= 0.6 is 11.6 Å². The molecule has 0 aliphatic carbocycles. The second-order valence-electron chi connectivity index (χ2n) is 17.0. The van der Waals surface area contributed by atoms with Gasteiger partial charge in [0.2, 0.25) is 23.7 Å². The predicted molar refractivity (Wildman–Crippen MR) is 250 cm³/mol. The van der Waals surface area contributed by atoms with Gasteiger partial charge >= 0.3 is 0 Å². The number of carbonyl (C=O) groups excluding carboxylic acids is 5. The molecule has 66 heavy (non-hydrogen) atoms. The number of ether oxygens (including phenoxy) is 1. The number of benzene rings is 3. The molecule has 5 heterocycles. The van der Waals surface area contributed by atoms with Gasteiger partial charge < -0.3 is 30.5 Å². The highest BCUT2D eigenvalue weighted by molar-refractivity contribution is 7.92. The van der Waals surface area contributed by atoms with Crippen molar-refractivity contribution in [1.29, 1.82) is 0 Å². The van der Waals surface area contributed by atoms with Crippen molar-refractivity contribution in [2.24, 2.45) is 0 Å². The number of hydrogen-bond donors (Lipinski definition) is 4. The average Bonchev–Trinajstić information content (AvgIpc) is 3.57. The summed E-state index contributed by atoms with van der Waals surface area (Å²) in [7, 11) is -1.98. The molecule has 18 nitrogen and oxygen atoms in total. The van der Waals surface area contributed by atoms with Crippen LogP contribution in [0.5, 0.6) is 5.75 Å². The summed E-state index contributed by atoms with van der Waals surface area (Å²) in [5.41, 5.74) is 2.90. The molecule has 1 atom stereocenters. The first-order valence-electron chi connectivity index (χ1n) is 22.2. The Morgan fingerprint density at radius 1 is 0.894 bits per heavy atom. The normalized spacial score (nSPS) is 18.4. The van der Waals surface area contributed by atoms with E-state index in [2.05, 4.69) is 41.0 Å². The van der Waals surface area contributed by atoms with Gasteiger partial charge in [0, 0.05) is 82.1 Å². The van der Waals surface area contributed by atoms with Crippen LogP contribution in [-0.2, 0) is 24.2 Å². The highest BCUT2D eigenvalue weighted by Crippen LogP contribution is 2.36. The maximum atomic E-state index is 13.4. The summed E-state index contributed by atoms with van der Waals surface area (Å²) < 4.78 is 31.8. The highest BCUT2D eigenvalue weighted by atomic mass is 35.5. The van der Waals surface area contributed by atoms with Crippen molar-refractivity contribution in [3.05, 3.63) is 83.0 Å². The van der Waals surface area contributed by atoms with E-state index in [4.69, 9.17) is 16.3 Å². The molecule has 3 fully saturated rings. The van der Waals surface area contributed by atoms with Crippen molar-refractivity contribution in [2.75, 3.05) is 73.8 Å². The van der Waals surface area contributed by atoms with Crippen LogP contribution in [-0.4, -0.2) is 133 Å². The molecule has 4 N–H and O–H groups in total. The number of piperazine rings is 1. The van der Waals surface area contributed by atoms with Gasteiger partial charge in [-0.2, -0.15) is 4.98 Å². The molecule has 4 aliphatic rings. The minimum Gasteiger partial charge on any atom is -0.494 e. The number of para-hydroxylation sites is 1. The highest BCUT2D eigenvalue weighted by Gasteiger charge is 2.45. The number of amides is 5. The fraction of sp³-hybridized carbons (Fsp3) is 0.413. The number of halogens is 1. The lowest BCUT2D eigenvalue weighted by atomic mass is 10.0. The van der Waals surface area contributed by atoms with Crippen molar-refractivity contribution in [3.63, 3.8) is 0 Å². The third-order valence-corrected chi connectivity index (χ3v) is 15.1. The predicted octanol–water partition coefficient (Wildman–Crippen LogP) is 5.21. The average molecular weight is 942 g/mol. The van der Waals surface area contributed by atoms with Gasteiger partial charge in [-0.25, -0.2) is 13.4 Å². The minimum atomic E-state index is -3.58. The van der Waals surface area contributed by atoms with Crippen LogP contribution in [0.2, 0.25) is 5.02 Å². The Hall–Kier alpha value is -6.31. The lowest BCUT2D eigenvalue weighted by molar-refractivity contribution is -0.136. The van der Waals surface area contributed by atoms with E-state index >= 15 is 0 Å². The summed E-state index contributed by atoms with van der Waals surface area (Å²) in [6.45, 7) is 8.29. The number of anilines is 6. The molecule has 3 saturated heterocycles. The number of rotatable bonds is 15. The van der Waals surface area contributed by atoms with Gasteiger partial charge in [0.15, 0.2) is 15.7 Å². The molecule has 0 saturated carbocycles. The molecule has 20 heteroatoms. The van der Waals surface area contributed by atoms with Gasteiger partial charge in [-0.3, -0.25) is 39.1 Å². The van der Waals surface area contributed by atoms with Gasteiger partial charge in [0.05, 0.1) is 46.0 Å². The van der Waals surface area contributed by atoms with Crippen molar-refractivity contribution in [3.8, 4) is 5.75 Å². The van der Waals surface area contributed by atoms with Crippen LogP contribution in [0, 0.1) is 0 Å². The zero-order chi connectivity index (χ0) is 46.7. The zero-order valence-electron chi connectivity index (χ0n) is 37.0. The first kappa shape index (κ1) is 46.2. The second-order valence-corrected chi connectivity index (χ2v) is 19.8. The summed E-state index contributed by atoms with van der Waals surface area (Å²) in [6, 6.07) is 16.8. The standard InChI is InChI=1S/C46H53ClN10O8S/c1-28(2)66(63,64)38-11-5-4-9-34(38)50-42-32(47)27-49-46(53-42)51-33-14-13-30(26-37(33)65-3)54-20-17-29(18-21-54)55-22-24-56(25-23-55)40(59)12-7-19-48-35-10-6-8-31-41(35)45(62)57(44(31)61)36-15-16-39(58)52-43(36)60/h4-6,8-11,13-14,26-29,36,48H,7,12,15-25H2,1-3H3,(H,52,58,60)(H2,49,50,51,53). The second kappa shape index (κ2) is 19.7. The number of fused-ring (bicyclic) bond motifs is 1. The van der Waals surface area contributed by atoms with Crippen LogP contribution in [0.3, 0.4) is 0 Å². The number of methoxy groups -OCH3 is 1. The van der Waals surface area contributed by atoms with E-state index in [0.29, 0.717) is 61.3 Å². The summed E-state index contributed by atoms with van der Waals surface area (Å²) in [4.78, 5) is 80.7. The number of hydrogen-bond acceptors (Lipinski definition) is 15. The van der Waals surface area contributed by atoms with Gasteiger partial charge in [-0.1, -0.05) is 29.8 Å². The Bertz CT molecular complexity index is 2650. The monoisotopic (exact) mass is 940 g/mol. The van der Waals surface area contributed by atoms with E-state index in [9.17, 15) is 32.4 Å². The Labute approximate surface area is 388 Å².